The van der Waals surface area contributed by atoms with Crippen molar-refractivity contribution in [2.45, 2.75) is 25.9 Å². The van der Waals surface area contributed by atoms with E-state index in [9.17, 15) is 17.6 Å². The number of rotatable bonds is 5. The number of ether oxygens (including phenoxy) is 1. The quantitative estimate of drug-likeness (QED) is 0.207. The zero-order chi connectivity index (χ0) is 25.0. The lowest BCUT2D eigenvalue weighted by Crippen LogP contribution is -2.19. The molecule has 0 spiro atoms. The molecule has 1 nitrogen and oxygen atoms in total. The highest BCUT2D eigenvalue weighted by Crippen LogP contribution is 2.28. The number of alkyl halides is 3. The zero-order valence-electron chi connectivity index (χ0n) is 18.8. The summed E-state index contributed by atoms with van der Waals surface area (Å²) >= 11 is 0. The van der Waals surface area contributed by atoms with E-state index in [1.807, 2.05) is 12.1 Å². The average Bonchev–Trinajstić information content (AvgIpc) is 2.83. The summed E-state index contributed by atoms with van der Waals surface area (Å²) in [5.74, 6) is 3.33. The maximum absolute atomic E-state index is 15.1. The van der Waals surface area contributed by atoms with Crippen LogP contribution in [0.1, 0.15) is 30.0 Å². The molecular weight excluding hydrogens is 459 g/mol. The van der Waals surface area contributed by atoms with E-state index < -0.39 is 30.2 Å². The number of aryl methyl sites for hydroxylation is 1. The van der Waals surface area contributed by atoms with Crippen LogP contribution in [0.3, 0.4) is 0 Å². The maximum Gasteiger partial charge on any atom is 0.422 e. The molecule has 0 aliphatic rings. The summed E-state index contributed by atoms with van der Waals surface area (Å²) in [5.41, 5.74) is 3.60. The Hall–Kier alpha value is -3.85. The van der Waals surface area contributed by atoms with Gasteiger partial charge in [0.15, 0.2) is 18.2 Å². The molecule has 4 aromatic rings. The van der Waals surface area contributed by atoms with Crippen molar-refractivity contribution >= 4 is 10.8 Å². The van der Waals surface area contributed by atoms with Gasteiger partial charge in [-0.15, -0.1) is 0 Å². The predicted octanol–water partition coefficient (Wildman–Crippen LogP) is 8.08. The molecule has 0 unspecified atom stereocenters. The second-order valence-corrected chi connectivity index (χ2v) is 8.11. The Morgan fingerprint density at radius 1 is 0.800 bits per heavy atom. The van der Waals surface area contributed by atoms with Crippen LogP contribution in [0.5, 0.6) is 5.75 Å². The molecule has 0 bridgehead atoms. The van der Waals surface area contributed by atoms with Gasteiger partial charge >= 0.3 is 6.18 Å². The molecule has 0 saturated carbocycles. The molecule has 0 amide bonds. The smallest absolute Gasteiger partial charge is 0.422 e. The summed E-state index contributed by atoms with van der Waals surface area (Å²) in [7, 11) is 0. The van der Waals surface area contributed by atoms with Crippen LogP contribution in [0.15, 0.2) is 72.8 Å². The topological polar surface area (TPSA) is 9.23 Å². The Labute approximate surface area is 200 Å². The molecule has 0 aromatic heterocycles. The molecular formula is C29H21F5O. The van der Waals surface area contributed by atoms with Gasteiger partial charge in [0.05, 0.1) is 5.56 Å². The van der Waals surface area contributed by atoms with E-state index in [0.717, 1.165) is 41.5 Å². The Balaban J connectivity index is 1.56. The standard InChI is InChI=1S/C29H21F5O/c1-2-3-19-4-8-21(9-5-19)23-13-14-25-24(17-23)12-11-22(28(25)31)10-6-20-7-15-27(26(30)16-20)35-18-29(32,33)34/h4-5,7-9,11-17H,2-3,18H2,1H3. The van der Waals surface area contributed by atoms with E-state index in [1.165, 1.54) is 11.6 Å². The molecule has 0 radical (unpaired) electrons. The van der Waals surface area contributed by atoms with Crippen molar-refractivity contribution in [1.29, 1.82) is 0 Å². The lowest BCUT2D eigenvalue weighted by atomic mass is 9.98. The fraction of sp³-hybridized carbons (Fsp3) is 0.172. The van der Waals surface area contributed by atoms with E-state index in [-0.39, 0.29) is 11.1 Å². The monoisotopic (exact) mass is 480 g/mol. The SMILES string of the molecule is CCCc1ccc(-c2ccc3c(F)c(C#Cc4ccc(OCC(F)(F)F)c(F)c4)ccc3c2)cc1. The molecule has 4 aromatic carbocycles. The van der Waals surface area contributed by atoms with Crippen LogP contribution in [0.2, 0.25) is 0 Å². The summed E-state index contributed by atoms with van der Waals surface area (Å²) in [6.45, 7) is 0.541. The minimum Gasteiger partial charge on any atom is -0.481 e. The molecule has 0 atom stereocenters. The molecule has 178 valence electrons. The van der Waals surface area contributed by atoms with Gasteiger partial charge in [0.2, 0.25) is 0 Å². The largest absolute Gasteiger partial charge is 0.481 e. The van der Waals surface area contributed by atoms with E-state index >= 15 is 4.39 Å². The van der Waals surface area contributed by atoms with Gasteiger partial charge in [-0.05, 0) is 58.8 Å². The third kappa shape index (κ3) is 5.99. The second kappa shape index (κ2) is 10.2. The van der Waals surface area contributed by atoms with Gasteiger partial charge in [-0.2, -0.15) is 13.2 Å². The normalized spacial score (nSPS) is 11.3. The van der Waals surface area contributed by atoms with Crippen LogP contribution >= 0.6 is 0 Å². The van der Waals surface area contributed by atoms with E-state index in [2.05, 4.69) is 47.8 Å². The number of benzene rings is 4. The Morgan fingerprint density at radius 3 is 2.23 bits per heavy atom. The molecule has 0 fully saturated rings. The van der Waals surface area contributed by atoms with E-state index in [0.29, 0.717) is 5.39 Å². The number of fused-ring (bicyclic) bond motifs is 1. The summed E-state index contributed by atoms with van der Waals surface area (Å²) in [6, 6.07) is 20.4. The minimum atomic E-state index is -4.57. The Kier molecular flexibility index (Phi) is 7.07. The van der Waals surface area contributed by atoms with Crippen LogP contribution in [-0.2, 0) is 6.42 Å². The third-order valence-corrected chi connectivity index (χ3v) is 5.44. The minimum absolute atomic E-state index is 0.131. The molecule has 6 heteroatoms. The van der Waals surface area contributed by atoms with Crippen LogP contribution in [0, 0.1) is 23.5 Å². The van der Waals surface area contributed by atoms with Crippen LogP contribution in [0.4, 0.5) is 22.0 Å². The molecule has 4 rings (SSSR count). The number of hydrogen-bond acceptors (Lipinski definition) is 1. The van der Waals surface area contributed by atoms with Crippen molar-refractivity contribution in [3.8, 4) is 28.7 Å². The summed E-state index contributed by atoms with van der Waals surface area (Å²) in [6.07, 6.45) is -2.47. The third-order valence-electron chi connectivity index (χ3n) is 5.44. The Morgan fingerprint density at radius 2 is 1.54 bits per heavy atom. The maximum atomic E-state index is 15.1. The number of halogens is 5. The fourth-order valence-corrected chi connectivity index (χ4v) is 3.72. The van der Waals surface area contributed by atoms with Gasteiger partial charge in [0.1, 0.15) is 5.82 Å². The molecule has 0 heterocycles. The van der Waals surface area contributed by atoms with Gasteiger partial charge in [-0.25, -0.2) is 8.78 Å². The highest BCUT2D eigenvalue weighted by molar-refractivity contribution is 5.89. The van der Waals surface area contributed by atoms with Crippen molar-refractivity contribution in [2.24, 2.45) is 0 Å². The predicted molar refractivity (Wildman–Crippen MR) is 127 cm³/mol. The molecule has 0 N–H and O–H groups in total. The van der Waals surface area contributed by atoms with Crippen LogP contribution in [-0.4, -0.2) is 12.8 Å². The van der Waals surface area contributed by atoms with Crippen molar-refractivity contribution in [1.82, 2.24) is 0 Å². The molecule has 0 aliphatic carbocycles. The first-order valence-electron chi connectivity index (χ1n) is 11.1. The van der Waals surface area contributed by atoms with Gasteiger partial charge < -0.3 is 4.74 Å². The molecule has 0 saturated heterocycles. The average molecular weight is 480 g/mol. The highest BCUT2D eigenvalue weighted by Gasteiger charge is 2.28. The van der Waals surface area contributed by atoms with Gasteiger partial charge in [0.25, 0.3) is 0 Å². The van der Waals surface area contributed by atoms with E-state index in [4.69, 9.17) is 0 Å². The Bertz CT molecular complexity index is 1410. The van der Waals surface area contributed by atoms with Crippen molar-refractivity contribution in [3.63, 3.8) is 0 Å². The van der Waals surface area contributed by atoms with Crippen molar-refractivity contribution < 1.29 is 26.7 Å². The summed E-state index contributed by atoms with van der Waals surface area (Å²) in [4.78, 5) is 0. The number of hydrogen-bond donors (Lipinski definition) is 0. The highest BCUT2D eigenvalue weighted by atomic mass is 19.4. The van der Waals surface area contributed by atoms with Crippen LogP contribution < -0.4 is 4.74 Å². The fourth-order valence-electron chi connectivity index (χ4n) is 3.72. The zero-order valence-corrected chi connectivity index (χ0v) is 18.8. The van der Waals surface area contributed by atoms with Crippen LogP contribution in [0.25, 0.3) is 21.9 Å². The van der Waals surface area contributed by atoms with Gasteiger partial charge in [-0.1, -0.05) is 67.6 Å². The van der Waals surface area contributed by atoms with E-state index in [1.54, 1.807) is 18.2 Å². The van der Waals surface area contributed by atoms with Crippen molar-refractivity contribution in [2.75, 3.05) is 6.61 Å². The van der Waals surface area contributed by atoms with Crippen molar-refractivity contribution in [3.05, 3.63) is 101 Å². The first-order chi connectivity index (χ1) is 16.7. The first-order valence-corrected chi connectivity index (χ1v) is 11.1. The van der Waals surface area contributed by atoms with Gasteiger partial charge in [0, 0.05) is 10.9 Å². The van der Waals surface area contributed by atoms with Gasteiger partial charge in [-0.3, -0.25) is 0 Å². The molecule has 35 heavy (non-hydrogen) atoms. The first kappa shape index (κ1) is 24.3. The molecule has 0 aliphatic heterocycles. The summed E-state index contributed by atoms with van der Waals surface area (Å²) in [5, 5.41) is 1.13. The lowest BCUT2D eigenvalue weighted by molar-refractivity contribution is -0.153. The summed E-state index contributed by atoms with van der Waals surface area (Å²) < 4.78 is 70.3. The lowest BCUT2D eigenvalue weighted by Gasteiger charge is -2.09. The second-order valence-electron chi connectivity index (χ2n) is 8.11.